The first-order valence-electron chi connectivity index (χ1n) is 10.5. The van der Waals surface area contributed by atoms with Crippen LogP contribution in [0, 0.1) is 0 Å². The number of hydrogen-bond donors (Lipinski definition) is 1. The van der Waals surface area contributed by atoms with E-state index >= 15 is 0 Å². The van der Waals surface area contributed by atoms with Crippen LogP contribution in [0.1, 0.15) is 20.7 Å². The minimum atomic E-state index is -0.615. The van der Waals surface area contributed by atoms with Crippen LogP contribution in [0.15, 0.2) is 64.8 Å². The van der Waals surface area contributed by atoms with Crippen molar-refractivity contribution in [2.45, 2.75) is 0 Å². The number of azo groups is 1. The molecule has 0 spiro atoms. The number of ether oxygens (including phenoxy) is 5. The van der Waals surface area contributed by atoms with Crippen LogP contribution in [-0.2, 0) is 4.84 Å². The van der Waals surface area contributed by atoms with E-state index in [4.69, 9.17) is 28.5 Å². The van der Waals surface area contributed by atoms with E-state index in [1.165, 1.54) is 53.7 Å². The molecule has 0 saturated heterocycles. The van der Waals surface area contributed by atoms with E-state index in [-0.39, 0.29) is 11.1 Å². The van der Waals surface area contributed by atoms with Crippen molar-refractivity contribution in [3.63, 3.8) is 0 Å². The van der Waals surface area contributed by atoms with Gasteiger partial charge in [0.05, 0.1) is 58.1 Å². The maximum Gasteiger partial charge on any atom is 0.362 e. The molecule has 0 fully saturated rings. The van der Waals surface area contributed by atoms with Crippen LogP contribution in [0.4, 0.5) is 11.4 Å². The normalized spacial score (nSPS) is 10.5. The SMILES string of the molecule is COc1ccc(C(=O)ONc2ccc(N=NC(=O)c3cc(OC)c(OC)c(OC)c3)cc2)cc1OC. The fourth-order valence-corrected chi connectivity index (χ4v) is 3.09. The quantitative estimate of drug-likeness (QED) is 0.311. The van der Waals surface area contributed by atoms with Gasteiger partial charge in [0.15, 0.2) is 23.0 Å². The average Bonchev–Trinajstić information content (AvgIpc) is 2.93. The molecule has 0 aliphatic rings. The van der Waals surface area contributed by atoms with E-state index in [0.29, 0.717) is 40.1 Å². The largest absolute Gasteiger partial charge is 0.493 e. The molecule has 0 saturated carbocycles. The first kappa shape index (κ1) is 25.8. The highest BCUT2D eigenvalue weighted by Crippen LogP contribution is 2.38. The third-order valence-corrected chi connectivity index (χ3v) is 4.92. The fourth-order valence-electron chi connectivity index (χ4n) is 3.09. The van der Waals surface area contributed by atoms with Gasteiger partial charge in [0, 0.05) is 0 Å². The van der Waals surface area contributed by atoms with Crippen LogP contribution < -0.4 is 29.2 Å². The molecule has 3 aromatic carbocycles. The number of methoxy groups -OCH3 is 5. The lowest BCUT2D eigenvalue weighted by molar-refractivity contribution is 0.0596. The summed E-state index contributed by atoms with van der Waals surface area (Å²) in [6.45, 7) is 0. The van der Waals surface area contributed by atoms with Gasteiger partial charge < -0.3 is 28.5 Å². The van der Waals surface area contributed by atoms with Gasteiger partial charge in [-0.3, -0.25) is 4.79 Å². The molecule has 0 unspecified atom stereocenters. The van der Waals surface area contributed by atoms with Crippen molar-refractivity contribution in [3.05, 3.63) is 65.7 Å². The minimum absolute atomic E-state index is 0.216. The highest BCUT2D eigenvalue weighted by Gasteiger charge is 2.17. The van der Waals surface area contributed by atoms with Gasteiger partial charge >= 0.3 is 5.97 Å². The van der Waals surface area contributed by atoms with Crippen LogP contribution in [0.2, 0.25) is 0 Å². The predicted molar refractivity (Wildman–Crippen MR) is 130 cm³/mol. The Kier molecular flexibility index (Phi) is 8.65. The summed E-state index contributed by atoms with van der Waals surface area (Å²) >= 11 is 0. The third-order valence-electron chi connectivity index (χ3n) is 4.92. The van der Waals surface area contributed by atoms with Gasteiger partial charge in [0.25, 0.3) is 5.91 Å². The summed E-state index contributed by atoms with van der Waals surface area (Å²) in [4.78, 5) is 30.0. The van der Waals surface area contributed by atoms with Gasteiger partial charge in [-0.1, -0.05) is 0 Å². The molecular formula is C25H25N3O8. The summed E-state index contributed by atoms with van der Waals surface area (Å²) in [7, 11) is 7.35. The molecule has 0 atom stereocenters. The second kappa shape index (κ2) is 12.1. The van der Waals surface area contributed by atoms with Gasteiger partial charge in [0.1, 0.15) is 0 Å². The third kappa shape index (κ3) is 6.00. The van der Waals surface area contributed by atoms with Crippen molar-refractivity contribution in [2.75, 3.05) is 41.0 Å². The van der Waals surface area contributed by atoms with Crippen molar-refractivity contribution in [1.82, 2.24) is 0 Å². The first-order chi connectivity index (χ1) is 17.4. The molecule has 0 bridgehead atoms. The highest BCUT2D eigenvalue weighted by atomic mass is 16.7. The number of nitrogens with one attached hydrogen (secondary N) is 1. The molecule has 188 valence electrons. The first-order valence-corrected chi connectivity index (χ1v) is 10.5. The standard InChI is InChI=1S/C25H25N3O8/c1-31-19-11-6-15(12-20(19)32-2)25(30)36-28-18-9-7-17(8-10-18)26-27-24(29)16-13-21(33-3)23(35-5)22(14-16)34-4/h6-14,28H,1-5H3. The number of nitrogens with zero attached hydrogens (tertiary/aromatic N) is 2. The Morgan fingerprint density at radius 2 is 1.25 bits per heavy atom. The molecule has 0 heterocycles. The monoisotopic (exact) mass is 495 g/mol. The lowest BCUT2D eigenvalue weighted by atomic mass is 10.1. The lowest BCUT2D eigenvalue weighted by Gasteiger charge is -2.12. The van der Waals surface area contributed by atoms with Crippen LogP contribution in [0.5, 0.6) is 28.7 Å². The van der Waals surface area contributed by atoms with Gasteiger partial charge in [-0.25, -0.2) is 10.3 Å². The molecule has 36 heavy (non-hydrogen) atoms. The predicted octanol–water partition coefficient (Wildman–Crippen LogP) is 4.84. The Morgan fingerprint density at radius 1 is 0.667 bits per heavy atom. The van der Waals surface area contributed by atoms with E-state index in [0.717, 1.165) is 0 Å². The van der Waals surface area contributed by atoms with E-state index in [1.807, 2.05) is 0 Å². The van der Waals surface area contributed by atoms with Crippen molar-refractivity contribution in [3.8, 4) is 28.7 Å². The topological polar surface area (TPSA) is 126 Å². The highest BCUT2D eigenvalue weighted by molar-refractivity contribution is 5.96. The second-order valence-electron chi connectivity index (χ2n) is 7.03. The van der Waals surface area contributed by atoms with Gasteiger partial charge in [-0.05, 0) is 54.6 Å². The number of anilines is 1. The maximum absolute atomic E-state index is 12.5. The minimum Gasteiger partial charge on any atom is -0.493 e. The van der Waals surface area contributed by atoms with Crippen molar-refractivity contribution in [1.29, 1.82) is 0 Å². The maximum atomic E-state index is 12.5. The smallest absolute Gasteiger partial charge is 0.362 e. The summed E-state index contributed by atoms with van der Waals surface area (Å²) in [6.07, 6.45) is 0. The Labute approximate surface area is 207 Å². The zero-order chi connectivity index (χ0) is 26.1. The molecule has 0 aromatic heterocycles. The number of carbonyl (C=O) groups excluding carboxylic acids is 2. The van der Waals surface area contributed by atoms with Crippen LogP contribution in [0.3, 0.4) is 0 Å². The summed E-state index contributed by atoms with van der Waals surface area (Å²) in [5, 5.41) is 7.71. The number of rotatable bonds is 10. The summed E-state index contributed by atoms with van der Waals surface area (Å²) in [6, 6.07) is 14.1. The number of benzene rings is 3. The van der Waals surface area contributed by atoms with Crippen LogP contribution in [0.25, 0.3) is 0 Å². The Morgan fingerprint density at radius 3 is 1.81 bits per heavy atom. The van der Waals surface area contributed by atoms with Crippen molar-refractivity contribution >= 4 is 23.3 Å². The Hall–Kier alpha value is -4.80. The van der Waals surface area contributed by atoms with Gasteiger partial charge in [-0.15, -0.1) is 10.2 Å². The molecule has 11 nitrogen and oxygen atoms in total. The molecule has 1 amide bonds. The molecular weight excluding hydrogens is 470 g/mol. The van der Waals surface area contributed by atoms with Crippen LogP contribution in [-0.4, -0.2) is 47.4 Å². The average molecular weight is 495 g/mol. The van der Waals surface area contributed by atoms with Gasteiger partial charge in [0.2, 0.25) is 5.75 Å². The Balaban J connectivity index is 1.63. The van der Waals surface area contributed by atoms with Crippen molar-refractivity contribution in [2.24, 2.45) is 10.2 Å². The molecule has 1 N–H and O–H groups in total. The molecule has 11 heteroatoms. The second-order valence-corrected chi connectivity index (χ2v) is 7.03. The molecule has 0 aliphatic carbocycles. The van der Waals surface area contributed by atoms with Crippen molar-refractivity contribution < 1.29 is 38.1 Å². The van der Waals surface area contributed by atoms with E-state index in [1.54, 1.807) is 36.4 Å². The summed E-state index contributed by atoms with van der Waals surface area (Å²) < 4.78 is 26.1. The van der Waals surface area contributed by atoms with E-state index in [2.05, 4.69) is 15.7 Å². The van der Waals surface area contributed by atoms with E-state index < -0.39 is 11.9 Å². The zero-order valence-corrected chi connectivity index (χ0v) is 20.4. The Bertz CT molecular complexity index is 1230. The zero-order valence-electron chi connectivity index (χ0n) is 20.4. The lowest BCUT2D eigenvalue weighted by Crippen LogP contribution is -2.11. The number of hydrogen-bond acceptors (Lipinski definition) is 10. The molecule has 0 radical (unpaired) electrons. The fraction of sp³-hybridized carbons (Fsp3) is 0.200. The summed E-state index contributed by atoms with van der Waals surface area (Å²) in [5.74, 6) is 0.708. The van der Waals surface area contributed by atoms with Gasteiger partial charge in [-0.2, -0.15) is 0 Å². The molecule has 0 aliphatic heterocycles. The van der Waals surface area contributed by atoms with Crippen LogP contribution >= 0.6 is 0 Å². The van der Waals surface area contributed by atoms with E-state index in [9.17, 15) is 9.59 Å². The molecule has 3 aromatic rings. The summed E-state index contributed by atoms with van der Waals surface area (Å²) in [5.41, 5.74) is 3.95. The number of amides is 1. The number of carbonyl (C=O) groups is 2. The molecule has 3 rings (SSSR count).